The summed E-state index contributed by atoms with van der Waals surface area (Å²) < 4.78 is 11.3. The van der Waals surface area contributed by atoms with Gasteiger partial charge in [-0.15, -0.1) is 0 Å². The van der Waals surface area contributed by atoms with Crippen LogP contribution in [0, 0.1) is 0 Å². The highest BCUT2D eigenvalue weighted by Gasteiger charge is 2.18. The van der Waals surface area contributed by atoms with Crippen LogP contribution in [0.5, 0.6) is 11.5 Å². The molecule has 2 aromatic carbocycles. The third kappa shape index (κ3) is 4.44. The Kier molecular flexibility index (Phi) is 6.19. The first-order valence-electron chi connectivity index (χ1n) is 9.65. The number of amides is 2. The van der Waals surface area contributed by atoms with Crippen LogP contribution in [0.25, 0.3) is 0 Å². The monoisotopic (exact) mass is 382 g/mol. The Labute approximate surface area is 165 Å². The van der Waals surface area contributed by atoms with Crippen molar-refractivity contribution in [2.75, 3.05) is 18.5 Å². The van der Waals surface area contributed by atoms with Gasteiger partial charge in [0.05, 0.1) is 19.3 Å². The molecule has 0 aliphatic carbocycles. The third-order valence-corrected chi connectivity index (χ3v) is 4.68. The Morgan fingerprint density at radius 1 is 1.07 bits per heavy atom. The van der Waals surface area contributed by atoms with E-state index in [0.717, 1.165) is 16.8 Å². The highest BCUT2D eigenvalue weighted by Crippen LogP contribution is 2.31. The van der Waals surface area contributed by atoms with Gasteiger partial charge in [0, 0.05) is 17.7 Å². The molecule has 1 atom stereocenters. The molecule has 0 aromatic heterocycles. The molecule has 2 aromatic rings. The van der Waals surface area contributed by atoms with E-state index >= 15 is 0 Å². The van der Waals surface area contributed by atoms with Gasteiger partial charge in [0.1, 0.15) is 0 Å². The number of rotatable bonds is 7. The van der Waals surface area contributed by atoms with Gasteiger partial charge in [0.2, 0.25) is 5.91 Å². The Bertz CT molecular complexity index is 879. The molecule has 0 spiro atoms. The van der Waals surface area contributed by atoms with Gasteiger partial charge in [-0.2, -0.15) is 0 Å². The predicted molar refractivity (Wildman–Crippen MR) is 108 cm³/mol. The van der Waals surface area contributed by atoms with E-state index in [-0.39, 0.29) is 17.9 Å². The molecule has 2 amide bonds. The average Bonchev–Trinajstić information content (AvgIpc) is 2.69. The smallest absolute Gasteiger partial charge is 0.251 e. The Morgan fingerprint density at radius 3 is 2.57 bits per heavy atom. The fourth-order valence-electron chi connectivity index (χ4n) is 3.22. The summed E-state index contributed by atoms with van der Waals surface area (Å²) in [5.41, 5.74) is 3.29. The highest BCUT2D eigenvalue weighted by molar-refractivity contribution is 5.98. The number of hydrogen-bond donors (Lipinski definition) is 2. The van der Waals surface area contributed by atoms with E-state index in [4.69, 9.17) is 9.47 Å². The van der Waals surface area contributed by atoms with Gasteiger partial charge in [-0.05, 0) is 68.7 Å². The number of hydrogen-bond acceptors (Lipinski definition) is 4. The van der Waals surface area contributed by atoms with Crippen LogP contribution in [0.4, 0.5) is 5.69 Å². The second kappa shape index (κ2) is 8.78. The van der Waals surface area contributed by atoms with Crippen molar-refractivity contribution in [2.45, 2.75) is 39.7 Å². The molecule has 0 saturated carbocycles. The van der Waals surface area contributed by atoms with Crippen molar-refractivity contribution >= 4 is 17.5 Å². The lowest BCUT2D eigenvalue weighted by molar-refractivity contribution is -0.116. The fraction of sp³-hybridized carbons (Fsp3) is 0.364. The van der Waals surface area contributed by atoms with Crippen LogP contribution in [0.3, 0.4) is 0 Å². The molecule has 1 heterocycles. The number of ether oxygens (including phenoxy) is 2. The Balaban J connectivity index is 1.73. The van der Waals surface area contributed by atoms with Gasteiger partial charge in [0.25, 0.3) is 5.91 Å². The summed E-state index contributed by atoms with van der Waals surface area (Å²) in [6.45, 7) is 6.88. The predicted octanol–water partition coefficient (Wildman–Crippen LogP) is 3.86. The molecular formula is C22H26N2O4. The molecule has 0 saturated heterocycles. The minimum atomic E-state index is -0.196. The quantitative estimate of drug-likeness (QED) is 0.762. The minimum absolute atomic E-state index is 0.0129. The van der Waals surface area contributed by atoms with Crippen LogP contribution >= 0.6 is 0 Å². The number of carbonyl (C=O) groups is 2. The van der Waals surface area contributed by atoms with Crippen molar-refractivity contribution < 1.29 is 19.1 Å². The molecule has 28 heavy (non-hydrogen) atoms. The second-order valence-corrected chi connectivity index (χ2v) is 6.69. The third-order valence-electron chi connectivity index (χ3n) is 4.68. The molecule has 6 nitrogen and oxygen atoms in total. The number of fused-ring (bicyclic) bond motifs is 1. The number of anilines is 1. The summed E-state index contributed by atoms with van der Waals surface area (Å²) in [7, 11) is 0. The van der Waals surface area contributed by atoms with Crippen LogP contribution < -0.4 is 20.1 Å². The molecule has 1 aliphatic rings. The summed E-state index contributed by atoms with van der Waals surface area (Å²) in [5, 5.41) is 5.86. The highest BCUT2D eigenvalue weighted by atomic mass is 16.5. The summed E-state index contributed by atoms with van der Waals surface area (Å²) in [5.74, 6) is 1.23. The largest absolute Gasteiger partial charge is 0.490 e. The van der Waals surface area contributed by atoms with Crippen molar-refractivity contribution in [1.82, 2.24) is 5.32 Å². The average molecular weight is 382 g/mol. The molecule has 0 fully saturated rings. The Morgan fingerprint density at radius 2 is 1.82 bits per heavy atom. The maximum Gasteiger partial charge on any atom is 0.251 e. The van der Waals surface area contributed by atoms with E-state index in [1.54, 1.807) is 12.1 Å². The lowest BCUT2D eigenvalue weighted by atomic mass is 9.99. The van der Waals surface area contributed by atoms with E-state index in [9.17, 15) is 9.59 Å². The van der Waals surface area contributed by atoms with E-state index < -0.39 is 0 Å². The van der Waals surface area contributed by atoms with Crippen molar-refractivity contribution in [3.05, 3.63) is 53.1 Å². The van der Waals surface area contributed by atoms with Crippen LogP contribution in [-0.4, -0.2) is 25.0 Å². The van der Waals surface area contributed by atoms with Crippen LogP contribution in [0.15, 0.2) is 36.4 Å². The lowest BCUT2D eigenvalue weighted by Gasteiger charge is -2.19. The van der Waals surface area contributed by atoms with Crippen LogP contribution in [0.1, 0.15) is 54.7 Å². The number of nitrogens with one attached hydrogen (secondary N) is 2. The number of aryl methyl sites for hydroxylation is 1. The van der Waals surface area contributed by atoms with Crippen molar-refractivity contribution in [3.8, 4) is 11.5 Å². The van der Waals surface area contributed by atoms with Gasteiger partial charge in [-0.1, -0.05) is 6.07 Å². The molecule has 0 bridgehead atoms. The molecule has 0 radical (unpaired) electrons. The maximum atomic E-state index is 12.7. The summed E-state index contributed by atoms with van der Waals surface area (Å²) in [6, 6.07) is 10.9. The minimum Gasteiger partial charge on any atom is -0.490 e. The van der Waals surface area contributed by atoms with Gasteiger partial charge in [-0.25, -0.2) is 0 Å². The molecular weight excluding hydrogens is 356 g/mol. The number of carbonyl (C=O) groups excluding carboxylic acids is 2. The molecule has 148 valence electrons. The maximum absolute atomic E-state index is 12.7. The lowest BCUT2D eigenvalue weighted by Crippen LogP contribution is -2.27. The van der Waals surface area contributed by atoms with E-state index in [2.05, 4.69) is 10.6 Å². The first-order valence-corrected chi connectivity index (χ1v) is 9.65. The second-order valence-electron chi connectivity index (χ2n) is 6.69. The van der Waals surface area contributed by atoms with Gasteiger partial charge in [-0.3, -0.25) is 9.59 Å². The zero-order valence-electron chi connectivity index (χ0n) is 16.5. The molecule has 1 aliphatic heterocycles. The zero-order chi connectivity index (χ0) is 20.1. The summed E-state index contributed by atoms with van der Waals surface area (Å²) in [6.07, 6.45) is 1.09. The van der Waals surface area contributed by atoms with Gasteiger partial charge >= 0.3 is 0 Å². The van der Waals surface area contributed by atoms with Gasteiger partial charge < -0.3 is 20.1 Å². The standard InChI is InChI=1S/C22H26N2O4/c1-4-27-19-10-7-15(13-20(19)28-5-2)14(3)23-22(26)17-6-9-18-16(12-17)8-11-21(25)24-18/h6-7,9-10,12-14H,4-5,8,11H2,1-3H3,(H,23,26)(H,24,25). The molecule has 2 N–H and O–H groups in total. The van der Waals surface area contributed by atoms with Crippen molar-refractivity contribution in [1.29, 1.82) is 0 Å². The first-order chi connectivity index (χ1) is 13.5. The van der Waals surface area contributed by atoms with Gasteiger partial charge in [0.15, 0.2) is 11.5 Å². The molecule has 3 rings (SSSR count). The zero-order valence-corrected chi connectivity index (χ0v) is 16.5. The Hall–Kier alpha value is -3.02. The van der Waals surface area contributed by atoms with Crippen LogP contribution in [0.2, 0.25) is 0 Å². The first kappa shape index (κ1) is 19.7. The summed E-state index contributed by atoms with van der Waals surface area (Å²) >= 11 is 0. The molecule has 6 heteroatoms. The summed E-state index contributed by atoms with van der Waals surface area (Å²) in [4.78, 5) is 24.2. The van der Waals surface area contributed by atoms with E-state index in [1.165, 1.54) is 0 Å². The molecule has 1 unspecified atom stereocenters. The van der Waals surface area contributed by atoms with E-state index in [1.807, 2.05) is 45.0 Å². The normalized spacial score (nSPS) is 13.9. The van der Waals surface area contributed by atoms with Crippen LogP contribution in [-0.2, 0) is 11.2 Å². The topological polar surface area (TPSA) is 76.7 Å². The fourth-order valence-corrected chi connectivity index (χ4v) is 3.22. The van der Waals surface area contributed by atoms with Crippen molar-refractivity contribution in [2.24, 2.45) is 0 Å². The van der Waals surface area contributed by atoms with Crippen molar-refractivity contribution in [3.63, 3.8) is 0 Å². The SMILES string of the molecule is CCOc1ccc(C(C)NC(=O)c2ccc3c(c2)CCC(=O)N3)cc1OCC. The number of benzene rings is 2. The van der Waals surface area contributed by atoms with E-state index in [0.29, 0.717) is 43.1 Å².